The summed E-state index contributed by atoms with van der Waals surface area (Å²) in [7, 11) is 0. The normalized spacial score (nSPS) is 30.9. The summed E-state index contributed by atoms with van der Waals surface area (Å²) in [6, 6.07) is 0.884. The van der Waals surface area contributed by atoms with Crippen LogP contribution in [0.2, 0.25) is 0 Å². The Kier molecular flexibility index (Phi) is 3.26. The molecule has 0 aromatic carbocycles. The molecule has 2 N–H and O–H groups in total. The van der Waals surface area contributed by atoms with Gasteiger partial charge in [-0.25, -0.2) is 0 Å². The van der Waals surface area contributed by atoms with Crippen LogP contribution in [0.5, 0.6) is 0 Å². The van der Waals surface area contributed by atoms with Crippen molar-refractivity contribution >= 4 is 5.91 Å². The molecule has 2 atom stereocenters. The molecule has 2 aliphatic rings. The summed E-state index contributed by atoms with van der Waals surface area (Å²) >= 11 is 0. The monoisotopic (exact) mass is 211 g/mol. The van der Waals surface area contributed by atoms with Crippen molar-refractivity contribution in [3.63, 3.8) is 0 Å². The predicted molar refractivity (Wildman–Crippen MR) is 59.6 cm³/mol. The summed E-state index contributed by atoms with van der Waals surface area (Å²) in [5, 5.41) is 6.42. The van der Waals surface area contributed by atoms with Gasteiger partial charge in [-0.3, -0.25) is 9.69 Å². The van der Waals surface area contributed by atoms with Crippen LogP contribution in [0.4, 0.5) is 0 Å². The van der Waals surface area contributed by atoms with E-state index in [4.69, 9.17) is 0 Å². The maximum atomic E-state index is 11.6. The quantitative estimate of drug-likeness (QED) is 0.680. The topological polar surface area (TPSA) is 44.4 Å². The molecule has 0 bridgehead atoms. The third-order valence-electron chi connectivity index (χ3n) is 3.26. The Morgan fingerprint density at radius 1 is 1.53 bits per heavy atom. The van der Waals surface area contributed by atoms with Gasteiger partial charge in [-0.2, -0.15) is 0 Å². The van der Waals surface area contributed by atoms with E-state index in [2.05, 4.69) is 15.5 Å². The molecule has 15 heavy (non-hydrogen) atoms. The molecule has 2 heterocycles. The minimum Gasteiger partial charge on any atom is -0.353 e. The summed E-state index contributed by atoms with van der Waals surface area (Å²) in [5.74, 6) is 0.932. The van der Waals surface area contributed by atoms with Crippen molar-refractivity contribution in [1.29, 1.82) is 0 Å². The van der Waals surface area contributed by atoms with E-state index >= 15 is 0 Å². The average molecular weight is 211 g/mol. The number of fused-ring (bicyclic) bond motifs is 1. The predicted octanol–water partition coefficient (Wildman–Crippen LogP) is -0.195. The second-order valence-corrected chi connectivity index (χ2v) is 5.03. The van der Waals surface area contributed by atoms with E-state index in [1.165, 1.54) is 6.42 Å². The molecule has 1 amide bonds. The van der Waals surface area contributed by atoms with Crippen molar-refractivity contribution in [3.8, 4) is 0 Å². The molecule has 2 fully saturated rings. The van der Waals surface area contributed by atoms with Crippen LogP contribution in [0.1, 0.15) is 20.3 Å². The lowest BCUT2D eigenvalue weighted by Gasteiger charge is -2.17. The highest BCUT2D eigenvalue weighted by molar-refractivity contribution is 5.78. The van der Waals surface area contributed by atoms with Gasteiger partial charge >= 0.3 is 0 Å². The van der Waals surface area contributed by atoms with Gasteiger partial charge in [-0.1, -0.05) is 0 Å². The number of hydrogen-bond donors (Lipinski definition) is 2. The number of amides is 1. The molecule has 0 saturated carbocycles. The molecule has 0 aromatic rings. The molecule has 0 radical (unpaired) electrons. The molecule has 2 aliphatic heterocycles. The van der Waals surface area contributed by atoms with Crippen LogP contribution in [-0.4, -0.2) is 49.1 Å². The highest BCUT2D eigenvalue weighted by Gasteiger charge is 2.36. The Hall–Kier alpha value is -0.610. The maximum Gasteiger partial charge on any atom is 0.234 e. The van der Waals surface area contributed by atoms with Gasteiger partial charge in [0.15, 0.2) is 0 Å². The van der Waals surface area contributed by atoms with Gasteiger partial charge in [-0.15, -0.1) is 0 Å². The molecule has 0 aromatic heterocycles. The molecule has 0 aliphatic carbocycles. The minimum atomic E-state index is 0.157. The number of rotatable bonds is 3. The lowest BCUT2D eigenvalue weighted by atomic mass is 10.1. The first-order chi connectivity index (χ1) is 7.15. The summed E-state index contributed by atoms with van der Waals surface area (Å²) in [6.45, 7) is 7.84. The van der Waals surface area contributed by atoms with E-state index in [0.717, 1.165) is 25.6 Å². The largest absolute Gasteiger partial charge is 0.353 e. The van der Waals surface area contributed by atoms with E-state index < -0.39 is 0 Å². The van der Waals surface area contributed by atoms with Gasteiger partial charge in [0.2, 0.25) is 5.91 Å². The fourth-order valence-corrected chi connectivity index (χ4v) is 2.64. The SMILES string of the molecule is CC(C)NC(=O)CN1C[C@@H]2CCN[C@@H]2C1. The zero-order valence-corrected chi connectivity index (χ0v) is 9.62. The molecule has 4 nitrogen and oxygen atoms in total. The van der Waals surface area contributed by atoms with Crippen molar-refractivity contribution in [2.75, 3.05) is 26.2 Å². The van der Waals surface area contributed by atoms with Crippen molar-refractivity contribution in [1.82, 2.24) is 15.5 Å². The zero-order chi connectivity index (χ0) is 10.8. The fourth-order valence-electron chi connectivity index (χ4n) is 2.64. The second kappa shape index (κ2) is 4.49. The maximum absolute atomic E-state index is 11.6. The summed E-state index contributed by atoms with van der Waals surface area (Å²) < 4.78 is 0. The molecule has 86 valence electrons. The smallest absolute Gasteiger partial charge is 0.234 e. The molecular formula is C11H21N3O. The van der Waals surface area contributed by atoms with E-state index in [-0.39, 0.29) is 11.9 Å². The van der Waals surface area contributed by atoms with E-state index in [9.17, 15) is 4.79 Å². The highest BCUT2D eigenvalue weighted by atomic mass is 16.2. The number of likely N-dealkylation sites (tertiary alicyclic amines) is 1. The number of nitrogens with one attached hydrogen (secondary N) is 2. The highest BCUT2D eigenvalue weighted by Crippen LogP contribution is 2.23. The van der Waals surface area contributed by atoms with Gasteiger partial charge in [0.25, 0.3) is 0 Å². The van der Waals surface area contributed by atoms with Gasteiger partial charge < -0.3 is 10.6 Å². The Morgan fingerprint density at radius 3 is 3.00 bits per heavy atom. The summed E-state index contributed by atoms with van der Waals surface area (Å²) in [4.78, 5) is 13.8. The lowest BCUT2D eigenvalue weighted by Crippen LogP contribution is -2.40. The third kappa shape index (κ3) is 2.69. The van der Waals surface area contributed by atoms with E-state index in [1.54, 1.807) is 0 Å². The summed E-state index contributed by atoms with van der Waals surface area (Å²) in [6.07, 6.45) is 1.27. The lowest BCUT2D eigenvalue weighted by molar-refractivity contribution is -0.122. The first-order valence-corrected chi connectivity index (χ1v) is 5.90. The Labute approximate surface area is 91.4 Å². The van der Waals surface area contributed by atoms with Crippen LogP contribution in [0.25, 0.3) is 0 Å². The van der Waals surface area contributed by atoms with Crippen molar-refractivity contribution < 1.29 is 4.79 Å². The molecule has 0 unspecified atom stereocenters. The van der Waals surface area contributed by atoms with Crippen molar-refractivity contribution in [2.24, 2.45) is 5.92 Å². The fraction of sp³-hybridized carbons (Fsp3) is 0.909. The number of carbonyl (C=O) groups excluding carboxylic acids is 1. The molecule has 4 heteroatoms. The Bertz CT molecular complexity index is 230. The molecule has 0 spiro atoms. The first kappa shape index (κ1) is 10.9. The number of hydrogen-bond acceptors (Lipinski definition) is 3. The van der Waals surface area contributed by atoms with Crippen LogP contribution in [0.15, 0.2) is 0 Å². The Morgan fingerprint density at radius 2 is 2.33 bits per heavy atom. The second-order valence-electron chi connectivity index (χ2n) is 5.03. The van der Waals surface area contributed by atoms with Crippen LogP contribution in [-0.2, 0) is 4.79 Å². The van der Waals surface area contributed by atoms with Crippen LogP contribution < -0.4 is 10.6 Å². The van der Waals surface area contributed by atoms with Crippen LogP contribution >= 0.6 is 0 Å². The standard InChI is InChI=1S/C11H21N3O/c1-8(2)13-11(15)7-14-5-9-3-4-12-10(9)6-14/h8-10,12H,3-7H2,1-2H3,(H,13,15)/t9-,10+/m0/s1. The molecule has 2 saturated heterocycles. The van der Waals surface area contributed by atoms with Gasteiger partial charge in [0.1, 0.15) is 0 Å². The third-order valence-corrected chi connectivity index (χ3v) is 3.26. The van der Waals surface area contributed by atoms with Gasteiger partial charge in [0.05, 0.1) is 6.54 Å². The van der Waals surface area contributed by atoms with Crippen molar-refractivity contribution in [3.05, 3.63) is 0 Å². The van der Waals surface area contributed by atoms with Gasteiger partial charge in [-0.05, 0) is 32.7 Å². The van der Waals surface area contributed by atoms with E-state index in [1.807, 2.05) is 13.8 Å². The number of nitrogens with zero attached hydrogens (tertiary/aromatic N) is 1. The van der Waals surface area contributed by atoms with Crippen LogP contribution in [0.3, 0.4) is 0 Å². The number of carbonyl (C=O) groups is 1. The minimum absolute atomic E-state index is 0.157. The summed E-state index contributed by atoms with van der Waals surface area (Å²) in [5.41, 5.74) is 0. The van der Waals surface area contributed by atoms with Gasteiger partial charge in [0, 0.05) is 25.2 Å². The van der Waals surface area contributed by atoms with Crippen LogP contribution in [0, 0.1) is 5.92 Å². The van der Waals surface area contributed by atoms with Crippen molar-refractivity contribution in [2.45, 2.75) is 32.4 Å². The van der Waals surface area contributed by atoms with E-state index in [0.29, 0.717) is 12.6 Å². The average Bonchev–Trinajstić information content (AvgIpc) is 2.60. The molecular weight excluding hydrogens is 190 g/mol. The molecule has 2 rings (SSSR count). The zero-order valence-electron chi connectivity index (χ0n) is 9.62. The first-order valence-electron chi connectivity index (χ1n) is 5.90. The Balaban J connectivity index is 1.75.